The molecule has 1 aliphatic carbocycles. The average molecular weight is 196 g/mol. The van der Waals surface area contributed by atoms with Crippen LogP contribution in [0.5, 0.6) is 0 Å². The molecule has 0 bridgehead atoms. The number of hydrogen-bond donors (Lipinski definition) is 2. The third-order valence-corrected chi connectivity index (χ3v) is 2.39. The second-order valence-electron chi connectivity index (χ2n) is 3.51. The van der Waals surface area contributed by atoms with Crippen LogP contribution in [0, 0.1) is 11.8 Å². The van der Waals surface area contributed by atoms with E-state index >= 15 is 0 Å². The molecule has 0 saturated heterocycles. The van der Waals surface area contributed by atoms with Gasteiger partial charge in [0.15, 0.2) is 0 Å². The van der Waals surface area contributed by atoms with Crippen LogP contribution >= 0.6 is 0 Å². The highest BCUT2D eigenvalue weighted by Crippen LogP contribution is 2.32. The van der Waals surface area contributed by atoms with Crippen molar-refractivity contribution < 1.29 is 19.8 Å². The van der Waals surface area contributed by atoms with Gasteiger partial charge in [-0.15, -0.1) is 0 Å². The van der Waals surface area contributed by atoms with E-state index in [-0.39, 0.29) is 6.42 Å². The Kier molecular flexibility index (Phi) is 2.74. The van der Waals surface area contributed by atoms with Gasteiger partial charge >= 0.3 is 11.9 Å². The van der Waals surface area contributed by atoms with Gasteiger partial charge in [0.2, 0.25) is 0 Å². The molecule has 1 aliphatic rings. The number of carboxylic acids is 2. The Morgan fingerprint density at radius 2 is 2.00 bits per heavy atom. The first-order valence-corrected chi connectivity index (χ1v) is 4.25. The Labute approximate surface area is 81.6 Å². The summed E-state index contributed by atoms with van der Waals surface area (Å²) in [6.07, 6.45) is 1.86. The van der Waals surface area contributed by atoms with Crippen molar-refractivity contribution in [1.29, 1.82) is 0 Å². The van der Waals surface area contributed by atoms with Gasteiger partial charge in [-0.25, -0.2) is 0 Å². The molecule has 14 heavy (non-hydrogen) atoms. The van der Waals surface area contributed by atoms with Gasteiger partial charge in [-0.2, -0.15) is 0 Å². The molecule has 2 atom stereocenters. The van der Waals surface area contributed by atoms with Crippen molar-refractivity contribution in [1.82, 2.24) is 0 Å². The Morgan fingerprint density at radius 1 is 1.43 bits per heavy atom. The van der Waals surface area contributed by atoms with Crippen molar-refractivity contribution in [3.05, 3.63) is 23.8 Å². The van der Waals surface area contributed by atoms with Gasteiger partial charge in [-0.1, -0.05) is 23.8 Å². The zero-order valence-electron chi connectivity index (χ0n) is 7.86. The normalized spacial score (nSPS) is 26.9. The van der Waals surface area contributed by atoms with Crippen molar-refractivity contribution >= 4 is 11.9 Å². The minimum atomic E-state index is -1.08. The summed E-state index contributed by atoms with van der Waals surface area (Å²) in [5.74, 6) is -3.97. The lowest BCUT2D eigenvalue weighted by Gasteiger charge is -2.25. The lowest BCUT2D eigenvalue weighted by Crippen LogP contribution is -2.33. The minimum Gasteiger partial charge on any atom is -0.481 e. The summed E-state index contributed by atoms with van der Waals surface area (Å²) in [4.78, 5) is 21.7. The molecule has 4 heteroatoms. The molecule has 0 radical (unpaired) electrons. The Balaban J connectivity index is 3.07. The highest BCUT2D eigenvalue weighted by molar-refractivity contribution is 5.83. The zero-order valence-corrected chi connectivity index (χ0v) is 7.86. The summed E-state index contributed by atoms with van der Waals surface area (Å²) in [6.45, 7) is 5.28. The third-order valence-electron chi connectivity index (χ3n) is 2.39. The van der Waals surface area contributed by atoms with E-state index < -0.39 is 23.8 Å². The van der Waals surface area contributed by atoms with Crippen LogP contribution in [0.4, 0.5) is 0 Å². The molecule has 1 rings (SSSR count). The standard InChI is InChI=1S/C10H12O4/c1-5-3-6(2)8(10(13)14)7(4-5)9(11)12/h3,7-8H,1,4H2,2H3,(H,11,12)(H,13,14). The number of aliphatic carboxylic acids is 2. The van der Waals surface area contributed by atoms with Crippen molar-refractivity contribution in [3.8, 4) is 0 Å². The molecule has 4 nitrogen and oxygen atoms in total. The van der Waals surface area contributed by atoms with E-state index in [0.717, 1.165) is 0 Å². The minimum absolute atomic E-state index is 0.212. The second kappa shape index (κ2) is 3.65. The van der Waals surface area contributed by atoms with E-state index in [4.69, 9.17) is 10.2 Å². The molecule has 0 aliphatic heterocycles. The van der Waals surface area contributed by atoms with Crippen molar-refractivity contribution in [3.63, 3.8) is 0 Å². The number of allylic oxidation sites excluding steroid dienone is 2. The van der Waals surface area contributed by atoms with Gasteiger partial charge in [0.05, 0.1) is 11.8 Å². The molecule has 0 aromatic heterocycles. The van der Waals surface area contributed by atoms with E-state index in [9.17, 15) is 9.59 Å². The Morgan fingerprint density at radius 3 is 2.43 bits per heavy atom. The summed E-state index contributed by atoms with van der Waals surface area (Å²) in [7, 11) is 0. The van der Waals surface area contributed by atoms with Gasteiger partial charge in [-0.3, -0.25) is 9.59 Å². The van der Waals surface area contributed by atoms with Crippen LogP contribution in [-0.4, -0.2) is 22.2 Å². The predicted octanol–water partition coefficient (Wildman–Crippen LogP) is 1.29. The van der Waals surface area contributed by atoms with E-state index in [1.807, 2.05) is 0 Å². The smallest absolute Gasteiger partial charge is 0.311 e. The van der Waals surface area contributed by atoms with Crippen LogP contribution in [0.2, 0.25) is 0 Å². The maximum absolute atomic E-state index is 10.9. The van der Waals surface area contributed by atoms with Crippen molar-refractivity contribution in [2.75, 3.05) is 0 Å². The molecule has 0 spiro atoms. The second-order valence-corrected chi connectivity index (χ2v) is 3.51. The molecule has 0 aromatic carbocycles. The van der Waals surface area contributed by atoms with Gasteiger partial charge < -0.3 is 10.2 Å². The predicted molar refractivity (Wildman–Crippen MR) is 49.8 cm³/mol. The van der Waals surface area contributed by atoms with Gasteiger partial charge in [-0.05, 0) is 13.3 Å². The molecule has 2 unspecified atom stereocenters. The SMILES string of the molecule is C=C1C=C(C)C(C(=O)O)C(C(=O)O)C1. The maximum Gasteiger partial charge on any atom is 0.311 e. The maximum atomic E-state index is 10.9. The highest BCUT2D eigenvalue weighted by Gasteiger charge is 2.37. The topological polar surface area (TPSA) is 74.6 Å². The molecule has 0 amide bonds. The van der Waals surface area contributed by atoms with Gasteiger partial charge in [0.1, 0.15) is 0 Å². The van der Waals surface area contributed by atoms with E-state index in [2.05, 4.69) is 6.58 Å². The van der Waals surface area contributed by atoms with Crippen LogP contribution in [0.1, 0.15) is 13.3 Å². The van der Waals surface area contributed by atoms with Crippen molar-refractivity contribution in [2.45, 2.75) is 13.3 Å². The molecule has 0 aromatic rings. The van der Waals surface area contributed by atoms with E-state index in [1.165, 1.54) is 0 Å². The quantitative estimate of drug-likeness (QED) is 0.697. The van der Waals surface area contributed by atoms with E-state index in [1.54, 1.807) is 13.0 Å². The summed E-state index contributed by atoms with van der Waals surface area (Å²) >= 11 is 0. The zero-order chi connectivity index (χ0) is 10.9. The summed E-state index contributed by atoms with van der Waals surface area (Å²) in [6, 6.07) is 0. The largest absolute Gasteiger partial charge is 0.481 e. The summed E-state index contributed by atoms with van der Waals surface area (Å²) in [5.41, 5.74) is 1.23. The Hall–Kier alpha value is -1.58. The third kappa shape index (κ3) is 1.84. The Bertz CT molecular complexity index is 327. The van der Waals surface area contributed by atoms with E-state index in [0.29, 0.717) is 11.1 Å². The number of carboxylic acid groups (broad SMARTS) is 2. The van der Waals surface area contributed by atoms with Crippen molar-refractivity contribution in [2.24, 2.45) is 11.8 Å². The molecule has 0 saturated carbocycles. The molecule has 76 valence electrons. The summed E-state index contributed by atoms with van der Waals surface area (Å²) in [5, 5.41) is 17.7. The number of hydrogen-bond acceptors (Lipinski definition) is 2. The fourth-order valence-electron chi connectivity index (χ4n) is 1.79. The molecule has 2 N–H and O–H groups in total. The van der Waals surface area contributed by atoms with Crippen LogP contribution in [0.3, 0.4) is 0 Å². The molecular weight excluding hydrogens is 184 g/mol. The monoisotopic (exact) mass is 196 g/mol. The fourth-order valence-corrected chi connectivity index (χ4v) is 1.79. The molecule has 0 fully saturated rings. The van der Waals surface area contributed by atoms with Crippen LogP contribution in [0.25, 0.3) is 0 Å². The number of rotatable bonds is 2. The molecular formula is C10H12O4. The first-order chi connectivity index (χ1) is 6.43. The first kappa shape index (κ1) is 10.5. The number of carbonyl (C=O) groups is 2. The lowest BCUT2D eigenvalue weighted by atomic mass is 9.77. The fraction of sp³-hybridized carbons (Fsp3) is 0.400. The van der Waals surface area contributed by atoms with Crippen LogP contribution < -0.4 is 0 Å². The summed E-state index contributed by atoms with van der Waals surface area (Å²) < 4.78 is 0. The van der Waals surface area contributed by atoms with Gasteiger partial charge in [0, 0.05) is 0 Å². The van der Waals surface area contributed by atoms with Crippen LogP contribution in [0.15, 0.2) is 23.8 Å². The average Bonchev–Trinajstić information content (AvgIpc) is 2.01. The highest BCUT2D eigenvalue weighted by atomic mass is 16.4. The first-order valence-electron chi connectivity index (χ1n) is 4.25. The van der Waals surface area contributed by atoms with Crippen LogP contribution in [-0.2, 0) is 9.59 Å². The molecule has 0 heterocycles. The van der Waals surface area contributed by atoms with Gasteiger partial charge in [0.25, 0.3) is 0 Å². The lowest BCUT2D eigenvalue weighted by molar-refractivity contribution is -0.152.